The fourth-order valence-electron chi connectivity index (χ4n) is 2.08. The van der Waals surface area contributed by atoms with Crippen molar-refractivity contribution in [1.29, 1.82) is 0 Å². The fraction of sp³-hybridized carbons (Fsp3) is 0.571. The Morgan fingerprint density at radius 1 is 1.26 bits per heavy atom. The minimum Gasteiger partial charge on any atom is -0.392 e. The first-order valence-corrected chi connectivity index (χ1v) is 9.11. The molecule has 0 bridgehead atoms. The molecule has 0 aliphatic carbocycles. The van der Waals surface area contributed by atoms with Crippen LogP contribution in [0.5, 0.6) is 0 Å². The van der Waals surface area contributed by atoms with Gasteiger partial charge in [-0.3, -0.25) is 0 Å². The zero-order chi connectivity index (χ0) is 14.0. The van der Waals surface area contributed by atoms with E-state index in [1.54, 1.807) is 0 Å². The molecule has 1 aromatic carbocycles. The molecule has 0 aromatic heterocycles. The second-order valence-electron chi connectivity index (χ2n) is 4.89. The van der Waals surface area contributed by atoms with Gasteiger partial charge < -0.3 is 5.11 Å². The SMILES string of the molecule is CC1SCC(C(O)Cc2c(Cl)cccc2Cl)SC1C. The van der Waals surface area contributed by atoms with E-state index in [0.29, 0.717) is 27.0 Å². The van der Waals surface area contributed by atoms with Gasteiger partial charge in [0, 0.05) is 38.0 Å². The molecule has 4 unspecified atom stereocenters. The smallest absolute Gasteiger partial charge is 0.0708 e. The van der Waals surface area contributed by atoms with Gasteiger partial charge in [0.2, 0.25) is 0 Å². The van der Waals surface area contributed by atoms with E-state index in [0.717, 1.165) is 11.3 Å². The third-order valence-electron chi connectivity index (χ3n) is 3.48. The summed E-state index contributed by atoms with van der Waals surface area (Å²) in [5.74, 6) is 0.986. The van der Waals surface area contributed by atoms with Crippen molar-refractivity contribution in [2.75, 3.05) is 5.75 Å². The number of hydrogen-bond donors (Lipinski definition) is 1. The highest BCUT2D eigenvalue weighted by Crippen LogP contribution is 2.38. The van der Waals surface area contributed by atoms with Crippen LogP contribution in [0.3, 0.4) is 0 Å². The average molecular weight is 337 g/mol. The van der Waals surface area contributed by atoms with E-state index in [-0.39, 0.29) is 5.25 Å². The number of aliphatic hydroxyl groups excluding tert-OH is 1. The maximum atomic E-state index is 10.4. The molecule has 2 rings (SSSR count). The van der Waals surface area contributed by atoms with Gasteiger partial charge in [-0.25, -0.2) is 0 Å². The van der Waals surface area contributed by atoms with Crippen molar-refractivity contribution >= 4 is 46.7 Å². The summed E-state index contributed by atoms with van der Waals surface area (Å²) in [5, 5.41) is 13.2. The summed E-state index contributed by atoms with van der Waals surface area (Å²) < 4.78 is 0. The molecule has 1 N–H and O–H groups in total. The molecule has 1 heterocycles. The van der Waals surface area contributed by atoms with E-state index in [1.165, 1.54) is 0 Å². The van der Waals surface area contributed by atoms with Crippen LogP contribution in [0.4, 0.5) is 0 Å². The summed E-state index contributed by atoms with van der Waals surface area (Å²) in [6.07, 6.45) is 0.127. The van der Waals surface area contributed by atoms with Crippen LogP contribution in [0.2, 0.25) is 10.0 Å². The predicted octanol–water partition coefficient (Wildman–Crippen LogP) is 4.52. The highest BCUT2D eigenvalue weighted by molar-refractivity contribution is 8.07. The topological polar surface area (TPSA) is 20.2 Å². The largest absolute Gasteiger partial charge is 0.392 e. The maximum absolute atomic E-state index is 10.4. The molecule has 1 aliphatic rings. The van der Waals surface area contributed by atoms with E-state index >= 15 is 0 Å². The van der Waals surface area contributed by atoms with Gasteiger partial charge in [-0.1, -0.05) is 43.1 Å². The Labute approximate surface area is 133 Å². The predicted molar refractivity (Wildman–Crippen MR) is 88.9 cm³/mol. The summed E-state index contributed by atoms with van der Waals surface area (Å²) in [7, 11) is 0. The zero-order valence-electron chi connectivity index (χ0n) is 11.0. The van der Waals surface area contributed by atoms with Crippen molar-refractivity contribution < 1.29 is 5.11 Å². The second kappa shape index (κ2) is 6.95. The van der Waals surface area contributed by atoms with Crippen LogP contribution < -0.4 is 0 Å². The molecule has 4 atom stereocenters. The van der Waals surface area contributed by atoms with Crippen molar-refractivity contribution in [3.05, 3.63) is 33.8 Å². The van der Waals surface area contributed by atoms with Crippen LogP contribution in [0, 0.1) is 0 Å². The minimum absolute atomic E-state index is 0.253. The molecular formula is C14H18Cl2OS2. The lowest BCUT2D eigenvalue weighted by Gasteiger charge is -2.34. The number of halogens is 2. The summed E-state index contributed by atoms with van der Waals surface area (Å²) in [4.78, 5) is 0. The van der Waals surface area contributed by atoms with E-state index in [2.05, 4.69) is 13.8 Å². The van der Waals surface area contributed by atoms with Gasteiger partial charge in [-0.15, -0.1) is 0 Å². The molecule has 1 aliphatic heterocycles. The van der Waals surface area contributed by atoms with Crippen molar-refractivity contribution in [1.82, 2.24) is 0 Å². The maximum Gasteiger partial charge on any atom is 0.0708 e. The van der Waals surface area contributed by atoms with Crippen molar-refractivity contribution in [2.45, 2.75) is 42.1 Å². The summed E-state index contributed by atoms with van der Waals surface area (Å²) >= 11 is 16.1. The minimum atomic E-state index is -0.398. The first-order chi connectivity index (χ1) is 8.99. The Morgan fingerprint density at radius 3 is 2.47 bits per heavy atom. The number of aliphatic hydroxyl groups is 1. The van der Waals surface area contributed by atoms with Gasteiger partial charge in [0.1, 0.15) is 0 Å². The van der Waals surface area contributed by atoms with Crippen LogP contribution in [0.25, 0.3) is 0 Å². The molecule has 0 spiro atoms. The van der Waals surface area contributed by atoms with E-state index in [4.69, 9.17) is 23.2 Å². The Bertz CT molecular complexity index is 421. The third-order valence-corrected chi connectivity index (χ3v) is 7.72. The van der Waals surface area contributed by atoms with E-state index in [1.807, 2.05) is 41.7 Å². The van der Waals surface area contributed by atoms with Crippen LogP contribution in [-0.2, 0) is 6.42 Å². The summed E-state index contributed by atoms with van der Waals surface area (Å²) in [6, 6.07) is 5.47. The molecule has 1 saturated heterocycles. The normalized spacial score (nSPS) is 29.2. The first-order valence-electron chi connectivity index (χ1n) is 6.37. The van der Waals surface area contributed by atoms with Gasteiger partial charge in [-0.05, 0) is 17.7 Å². The van der Waals surface area contributed by atoms with E-state index < -0.39 is 6.10 Å². The third kappa shape index (κ3) is 3.98. The van der Waals surface area contributed by atoms with Crippen LogP contribution in [0.1, 0.15) is 19.4 Å². The standard InChI is InChI=1S/C14H18Cl2OS2/c1-8-9(2)19-14(7-18-8)13(17)6-10-11(15)4-3-5-12(10)16/h3-5,8-9,13-14,17H,6-7H2,1-2H3. The molecule has 0 amide bonds. The lowest BCUT2D eigenvalue weighted by molar-refractivity contribution is 0.177. The van der Waals surface area contributed by atoms with Crippen molar-refractivity contribution in [3.63, 3.8) is 0 Å². The molecule has 19 heavy (non-hydrogen) atoms. The molecule has 1 fully saturated rings. The van der Waals surface area contributed by atoms with E-state index in [9.17, 15) is 5.11 Å². The number of thioether (sulfide) groups is 2. The molecule has 106 valence electrons. The lowest BCUT2D eigenvalue weighted by atomic mass is 10.1. The Hall–Kier alpha value is 0.460. The van der Waals surface area contributed by atoms with Gasteiger partial charge in [0.15, 0.2) is 0 Å². The molecule has 1 aromatic rings. The first kappa shape index (κ1) is 15.8. The number of benzene rings is 1. The highest BCUT2D eigenvalue weighted by Gasteiger charge is 2.30. The summed E-state index contributed by atoms with van der Waals surface area (Å²) in [6.45, 7) is 4.47. The van der Waals surface area contributed by atoms with Crippen LogP contribution >= 0.6 is 46.7 Å². The molecule has 1 nitrogen and oxygen atoms in total. The van der Waals surface area contributed by atoms with Gasteiger partial charge in [0.25, 0.3) is 0 Å². The van der Waals surface area contributed by atoms with Crippen molar-refractivity contribution in [3.8, 4) is 0 Å². The average Bonchev–Trinajstić information content (AvgIpc) is 2.37. The summed E-state index contributed by atoms with van der Waals surface area (Å²) in [5.41, 5.74) is 0.857. The lowest BCUT2D eigenvalue weighted by Crippen LogP contribution is -2.35. The van der Waals surface area contributed by atoms with Crippen LogP contribution in [-0.4, -0.2) is 32.7 Å². The highest BCUT2D eigenvalue weighted by atomic mass is 35.5. The Balaban J connectivity index is 2.03. The molecule has 0 saturated carbocycles. The number of rotatable bonds is 3. The second-order valence-corrected chi connectivity index (χ2v) is 8.74. The molecule has 5 heteroatoms. The Morgan fingerprint density at radius 2 is 1.89 bits per heavy atom. The number of hydrogen-bond acceptors (Lipinski definition) is 3. The Kier molecular flexibility index (Phi) is 5.79. The van der Waals surface area contributed by atoms with Crippen molar-refractivity contribution in [2.24, 2.45) is 0 Å². The van der Waals surface area contributed by atoms with Gasteiger partial charge >= 0.3 is 0 Å². The molecule has 0 radical (unpaired) electrons. The quantitative estimate of drug-likeness (QED) is 0.876. The molecular weight excluding hydrogens is 319 g/mol. The van der Waals surface area contributed by atoms with Gasteiger partial charge in [0.05, 0.1) is 6.10 Å². The van der Waals surface area contributed by atoms with Gasteiger partial charge in [-0.2, -0.15) is 23.5 Å². The monoisotopic (exact) mass is 336 g/mol. The fourth-order valence-corrected chi connectivity index (χ4v) is 5.64. The van der Waals surface area contributed by atoms with Crippen LogP contribution in [0.15, 0.2) is 18.2 Å². The zero-order valence-corrected chi connectivity index (χ0v) is 14.1.